The van der Waals surface area contributed by atoms with Crippen LogP contribution in [-0.4, -0.2) is 31.0 Å². The number of nitrogens with one attached hydrogen (secondary N) is 1. The van der Waals surface area contributed by atoms with Crippen LogP contribution in [0.15, 0.2) is 54.6 Å². The van der Waals surface area contributed by atoms with E-state index in [-0.39, 0.29) is 11.9 Å². The second-order valence-corrected chi connectivity index (χ2v) is 5.95. The van der Waals surface area contributed by atoms with Crippen LogP contribution in [0.25, 0.3) is 0 Å². The van der Waals surface area contributed by atoms with Gasteiger partial charge in [0.15, 0.2) is 0 Å². The van der Waals surface area contributed by atoms with Gasteiger partial charge >= 0.3 is 0 Å². The van der Waals surface area contributed by atoms with Crippen LogP contribution in [0, 0.1) is 0 Å². The van der Waals surface area contributed by atoms with Crippen LogP contribution in [0.2, 0.25) is 0 Å². The molecule has 4 nitrogen and oxygen atoms in total. The Morgan fingerprint density at radius 2 is 1.91 bits per heavy atom. The highest BCUT2D eigenvalue weighted by molar-refractivity contribution is 5.78. The normalized spacial score (nSPS) is 16.5. The van der Waals surface area contributed by atoms with Crippen molar-refractivity contribution < 1.29 is 9.53 Å². The zero-order chi connectivity index (χ0) is 16.1. The van der Waals surface area contributed by atoms with Crippen LogP contribution in [0.5, 0.6) is 5.75 Å². The zero-order valence-corrected chi connectivity index (χ0v) is 13.4. The molecule has 1 aliphatic rings. The standard InChI is InChI=1S/C19H22N2O2/c1-21(13-15-7-3-2-4-8-15)14-19(22)20-17-11-12-23-18-10-6-5-9-16(17)18/h2-10,17H,11-14H2,1H3,(H,20,22)/t17-/m0/s1. The summed E-state index contributed by atoms with van der Waals surface area (Å²) >= 11 is 0. The number of amides is 1. The maximum atomic E-state index is 12.3. The molecular formula is C19H22N2O2. The number of carbonyl (C=O) groups is 1. The van der Waals surface area contributed by atoms with Crippen molar-refractivity contribution in [1.29, 1.82) is 0 Å². The second kappa shape index (κ2) is 7.29. The molecule has 1 N–H and O–H groups in total. The molecule has 1 aliphatic heterocycles. The number of rotatable bonds is 5. The van der Waals surface area contributed by atoms with Gasteiger partial charge in [-0.05, 0) is 18.7 Å². The predicted molar refractivity (Wildman–Crippen MR) is 90.2 cm³/mol. The number of para-hydroxylation sites is 1. The fourth-order valence-corrected chi connectivity index (χ4v) is 2.93. The minimum Gasteiger partial charge on any atom is -0.493 e. The number of carbonyl (C=O) groups excluding carboxylic acids is 1. The monoisotopic (exact) mass is 310 g/mol. The Morgan fingerprint density at radius 1 is 1.17 bits per heavy atom. The van der Waals surface area contributed by atoms with Crippen molar-refractivity contribution in [3.8, 4) is 5.75 Å². The number of hydrogen-bond acceptors (Lipinski definition) is 3. The molecule has 0 aromatic heterocycles. The van der Waals surface area contributed by atoms with E-state index in [2.05, 4.69) is 17.4 Å². The first-order valence-electron chi connectivity index (χ1n) is 7.96. The Morgan fingerprint density at radius 3 is 2.74 bits per heavy atom. The fourth-order valence-electron chi connectivity index (χ4n) is 2.93. The summed E-state index contributed by atoms with van der Waals surface area (Å²) in [6.45, 7) is 1.79. The molecule has 0 aliphatic carbocycles. The topological polar surface area (TPSA) is 41.6 Å². The molecular weight excluding hydrogens is 288 g/mol. The van der Waals surface area contributed by atoms with Crippen molar-refractivity contribution in [2.75, 3.05) is 20.2 Å². The molecule has 1 amide bonds. The molecule has 2 aromatic carbocycles. The minimum absolute atomic E-state index is 0.0394. The van der Waals surface area contributed by atoms with Gasteiger partial charge in [-0.3, -0.25) is 9.69 Å². The van der Waals surface area contributed by atoms with Gasteiger partial charge in [-0.25, -0.2) is 0 Å². The Bertz CT molecular complexity index is 657. The lowest BCUT2D eigenvalue weighted by Crippen LogP contribution is -2.38. The number of likely N-dealkylation sites (N-methyl/N-ethyl adjacent to an activating group) is 1. The van der Waals surface area contributed by atoms with Gasteiger partial charge in [-0.2, -0.15) is 0 Å². The van der Waals surface area contributed by atoms with E-state index in [1.807, 2.05) is 54.4 Å². The van der Waals surface area contributed by atoms with Crippen LogP contribution in [0.3, 0.4) is 0 Å². The highest BCUT2D eigenvalue weighted by atomic mass is 16.5. The molecule has 23 heavy (non-hydrogen) atoms. The number of benzene rings is 2. The first-order valence-corrected chi connectivity index (χ1v) is 7.96. The highest BCUT2D eigenvalue weighted by Gasteiger charge is 2.22. The third kappa shape index (κ3) is 4.11. The molecule has 0 fully saturated rings. The van der Waals surface area contributed by atoms with Crippen molar-refractivity contribution in [2.45, 2.75) is 19.0 Å². The molecule has 1 heterocycles. The maximum Gasteiger partial charge on any atom is 0.234 e. The van der Waals surface area contributed by atoms with Gasteiger partial charge < -0.3 is 10.1 Å². The van der Waals surface area contributed by atoms with E-state index in [1.165, 1.54) is 5.56 Å². The molecule has 3 rings (SSSR count). The fraction of sp³-hybridized carbons (Fsp3) is 0.316. The zero-order valence-electron chi connectivity index (χ0n) is 13.4. The van der Waals surface area contributed by atoms with Crippen LogP contribution in [0.4, 0.5) is 0 Å². The Labute approximate surface area is 137 Å². The third-order valence-corrected chi connectivity index (χ3v) is 4.00. The average molecular weight is 310 g/mol. The largest absolute Gasteiger partial charge is 0.493 e. The van der Waals surface area contributed by atoms with E-state index in [9.17, 15) is 4.79 Å². The predicted octanol–water partition coefficient (Wildman–Crippen LogP) is 2.76. The van der Waals surface area contributed by atoms with E-state index in [0.29, 0.717) is 13.2 Å². The van der Waals surface area contributed by atoms with E-state index < -0.39 is 0 Å². The molecule has 0 spiro atoms. The van der Waals surface area contributed by atoms with Crippen molar-refractivity contribution in [2.24, 2.45) is 0 Å². The Hall–Kier alpha value is -2.33. The molecule has 0 saturated carbocycles. The van der Waals surface area contributed by atoms with E-state index >= 15 is 0 Å². The van der Waals surface area contributed by atoms with Gasteiger partial charge in [-0.1, -0.05) is 48.5 Å². The SMILES string of the molecule is CN(CC(=O)N[C@H]1CCOc2ccccc21)Cc1ccccc1. The lowest BCUT2D eigenvalue weighted by Gasteiger charge is -2.27. The summed E-state index contributed by atoms with van der Waals surface area (Å²) in [4.78, 5) is 14.4. The molecule has 0 bridgehead atoms. The van der Waals surface area contributed by atoms with E-state index in [4.69, 9.17) is 4.74 Å². The number of ether oxygens (including phenoxy) is 1. The summed E-state index contributed by atoms with van der Waals surface area (Å²) < 4.78 is 5.63. The summed E-state index contributed by atoms with van der Waals surface area (Å²) in [6.07, 6.45) is 0.811. The van der Waals surface area contributed by atoms with Gasteiger partial charge in [-0.15, -0.1) is 0 Å². The smallest absolute Gasteiger partial charge is 0.234 e. The lowest BCUT2D eigenvalue weighted by atomic mass is 10.0. The summed E-state index contributed by atoms with van der Waals surface area (Å²) in [5, 5.41) is 3.13. The Kier molecular flexibility index (Phi) is 4.93. The van der Waals surface area contributed by atoms with Crippen LogP contribution in [-0.2, 0) is 11.3 Å². The molecule has 4 heteroatoms. The molecule has 2 aromatic rings. The first kappa shape index (κ1) is 15.6. The second-order valence-electron chi connectivity index (χ2n) is 5.95. The van der Waals surface area contributed by atoms with Crippen LogP contribution < -0.4 is 10.1 Å². The van der Waals surface area contributed by atoms with Crippen molar-refractivity contribution in [3.05, 3.63) is 65.7 Å². The first-order chi connectivity index (χ1) is 11.2. The summed E-state index contributed by atoms with van der Waals surface area (Å²) in [7, 11) is 1.96. The van der Waals surface area contributed by atoms with Crippen LogP contribution in [0.1, 0.15) is 23.6 Å². The molecule has 0 unspecified atom stereocenters. The third-order valence-electron chi connectivity index (χ3n) is 4.00. The van der Waals surface area contributed by atoms with Gasteiger partial charge in [0.1, 0.15) is 5.75 Å². The maximum absolute atomic E-state index is 12.3. The summed E-state index contributed by atoms with van der Waals surface area (Å²) in [5.74, 6) is 0.923. The van der Waals surface area contributed by atoms with Gasteiger partial charge in [0.2, 0.25) is 5.91 Å². The highest BCUT2D eigenvalue weighted by Crippen LogP contribution is 2.31. The van der Waals surface area contributed by atoms with E-state index in [0.717, 1.165) is 24.3 Å². The van der Waals surface area contributed by atoms with Gasteiger partial charge in [0, 0.05) is 18.5 Å². The van der Waals surface area contributed by atoms with Gasteiger partial charge in [0.25, 0.3) is 0 Å². The lowest BCUT2D eigenvalue weighted by molar-refractivity contribution is -0.123. The summed E-state index contributed by atoms with van der Waals surface area (Å²) in [5.41, 5.74) is 2.28. The van der Waals surface area contributed by atoms with Crippen LogP contribution >= 0.6 is 0 Å². The van der Waals surface area contributed by atoms with Gasteiger partial charge in [0.05, 0.1) is 19.2 Å². The average Bonchev–Trinajstić information content (AvgIpc) is 2.56. The quantitative estimate of drug-likeness (QED) is 0.923. The minimum atomic E-state index is 0.0394. The number of hydrogen-bond donors (Lipinski definition) is 1. The number of fused-ring (bicyclic) bond motifs is 1. The molecule has 0 saturated heterocycles. The van der Waals surface area contributed by atoms with Crippen molar-refractivity contribution in [3.63, 3.8) is 0 Å². The Balaban J connectivity index is 1.56. The van der Waals surface area contributed by atoms with Crippen molar-refractivity contribution in [1.82, 2.24) is 10.2 Å². The van der Waals surface area contributed by atoms with Crippen molar-refractivity contribution >= 4 is 5.91 Å². The molecule has 0 radical (unpaired) electrons. The molecule has 1 atom stereocenters. The number of nitrogens with zero attached hydrogens (tertiary/aromatic N) is 1. The summed E-state index contributed by atoms with van der Waals surface area (Å²) in [6, 6.07) is 18.1. The van der Waals surface area contributed by atoms with E-state index in [1.54, 1.807) is 0 Å². The molecule has 120 valence electrons.